The summed E-state index contributed by atoms with van der Waals surface area (Å²) in [6, 6.07) is 5.61. The first-order chi connectivity index (χ1) is 11.7. The van der Waals surface area contributed by atoms with Gasteiger partial charge in [0.1, 0.15) is 6.04 Å². The van der Waals surface area contributed by atoms with Crippen molar-refractivity contribution in [1.29, 1.82) is 0 Å². The smallest absolute Gasteiger partial charge is 0.326 e. The van der Waals surface area contributed by atoms with Crippen LogP contribution in [0.5, 0.6) is 0 Å². The van der Waals surface area contributed by atoms with Crippen molar-refractivity contribution in [1.82, 2.24) is 9.21 Å². The van der Waals surface area contributed by atoms with Gasteiger partial charge in [-0.2, -0.15) is 4.31 Å². The van der Waals surface area contributed by atoms with Crippen molar-refractivity contribution in [2.75, 3.05) is 26.7 Å². The van der Waals surface area contributed by atoms with Gasteiger partial charge >= 0.3 is 5.97 Å². The van der Waals surface area contributed by atoms with Crippen molar-refractivity contribution >= 4 is 21.9 Å². The number of rotatable bonds is 4. The van der Waals surface area contributed by atoms with E-state index >= 15 is 0 Å². The summed E-state index contributed by atoms with van der Waals surface area (Å²) in [6.45, 7) is 5.73. The molecule has 1 saturated heterocycles. The van der Waals surface area contributed by atoms with Gasteiger partial charge in [-0.25, -0.2) is 8.42 Å². The van der Waals surface area contributed by atoms with Crippen LogP contribution in [-0.4, -0.2) is 62.3 Å². The predicted octanol–water partition coefficient (Wildman–Crippen LogP) is 1.20. The number of carbonyl (C=O) groups is 2. The van der Waals surface area contributed by atoms with Crippen LogP contribution in [0.4, 0.5) is 0 Å². The number of ether oxygens (including phenoxy) is 1. The van der Waals surface area contributed by atoms with Crippen molar-refractivity contribution in [2.45, 2.75) is 37.6 Å². The van der Waals surface area contributed by atoms with Crippen LogP contribution in [-0.2, 0) is 24.3 Å². The fraction of sp³-hybridized carbons (Fsp3) is 0.529. The van der Waals surface area contributed by atoms with Crippen LogP contribution >= 0.6 is 0 Å². The third-order valence-corrected chi connectivity index (χ3v) is 6.33. The molecule has 1 fully saturated rings. The molecule has 0 spiro atoms. The van der Waals surface area contributed by atoms with E-state index < -0.39 is 22.0 Å². The van der Waals surface area contributed by atoms with Gasteiger partial charge in [-0.15, -0.1) is 0 Å². The van der Waals surface area contributed by atoms with Crippen LogP contribution in [0.15, 0.2) is 29.2 Å². The maximum absolute atomic E-state index is 13.0. The van der Waals surface area contributed by atoms with Crippen molar-refractivity contribution in [2.24, 2.45) is 0 Å². The highest BCUT2D eigenvalue weighted by Crippen LogP contribution is 2.24. The lowest BCUT2D eigenvalue weighted by molar-refractivity contribution is -0.148. The molecule has 1 aliphatic rings. The first-order valence-corrected chi connectivity index (χ1v) is 9.57. The normalized spacial score (nSPS) is 19.1. The van der Waals surface area contributed by atoms with E-state index in [1.165, 1.54) is 18.9 Å². The zero-order valence-corrected chi connectivity index (χ0v) is 15.7. The second-order valence-corrected chi connectivity index (χ2v) is 8.23. The average Bonchev–Trinajstić information content (AvgIpc) is 2.60. The van der Waals surface area contributed by atoms with Gasteiger partial charge in [0, 0.05) is 26.6 Å². The molecule has 0 aromatic heterocycles. The van der Waals surface area contributed by atoms with Gasteiger partial charge in [-0.3, -0.25) is 9.59 Å². The third-order valence-electron chi connectivity index (χ3n) is 4.40. The van der Waals surface area contributed by atoms with E-state index in [0.29, 0.717) is 5.92 Å². The Morgan fingerprint density at radius 1 is 1.16 bits per heavy atom. The Bertz CT molecular complexity index is 743. The van der Waals surface area contributed by atoms with Gasteiger partial charge < -0.3 is 9.64 Å². The molecule has 0 N–H and O–H groups in total. The van der Waals surface area contributed by atoms with Crippen LogP contribution < -0.4 is 0 Å². The van der Waals surface area contributed by atoms with Crippen molar-refractivity contribution < 1.29 is 22.7 Å². The summed E-state index contributed by atoms with van der Waals surface area (Å²) in [4.78, 5) is 25.3. The molecule has 138 valence electrons. The van der Waals surface area contributed by atoms with Gasteiger partial charge in [0.05, 0.1) is 12.0 Å². The molecule has 0 radical (unpaired) electrons. The predicted molar refractivity (Wildman–Crippen MR) is 92.5 cm³/mol. The standard InChI is InChI=1S/C17H24N2O5S/c1-12(2)14-5-7-15(8-6-14)25(22,23)19-10-9-18(13(3)20)11-16(19)17(21)24-4/h5-8,12,16H,9-11H2,1-4H3. The maximum Gasteiger partial charge on any atom is 0.326 e. The van der Waals surface area contributed by atoms with E-state index in [9.17, 15) is 18.0 Å². The zero-order valence-electron chi connectivity index (χ0n) is 14.9. The van der Waals surface area contributed by atoms with Crippen LogP contribution in [0, 0.1) is 0 Å². The number of nitrogens with zero attached hydrogens (tertiary/aromatic N) is 2. The lowest BCUT2D eigenvalue weighted by Crippen LogP contribution is -2.59. The lowest BCUT2D eigenvalue weighted by Gasteiger charge is -2.38. The molecule has 1 heterocycles. The molecular formula is C17H24N2O5S. The molecule has 1 aromatic carbocycles. The number of esters is 1. The second-order valence-electron chi connectivity index (χ2n) is 6.34. The molecule has 0 saturated carbocycles. The molecule has 7 nitrogen and oxygen atoms in total. The van der Waals surface area contributed by atoms with E-state index in [1.54, 1.807) is 24.3 Å². The van der Waals surface area contributed by atoms with E-state index in [0.717, 1.165) is 9.87 Å². The highest BCUT2D eigenvalue weighted by atomic mass is 32.2. The fourth-order valence-electron chi connectivity index (χ4n) is 2.83. The number of benzene rings is 1. The van der Waals surface area contributed by atoms with Gasteiger partial charge in [0.2, 0.25) is 15.9 Å². The first-order valence-electron chi connectivity index (χ1n) is 8.13. The lowest BCUT2D eigenvalue weighted by atomic mass is 10.0. The summed E-state index contributed by atoms with van der Waals surface area (Å²) in [5, 5.41) is 0. The molecule has 1 aromatic rings. The highest BCUT2D eigenvalue weighted by Gasteiger charge is 2.41. The van der Waals surface area contributed by atoms with Crippen LogP contribution in [0.2, 0.25) is 0 Å². The van der Waals surface area contributed by atoms with Gasteiger partial charge in [0.25, 0.3) is 0 Å². The summed E-state index contributed by atoms with van der Waals surface area (Å²) >= 11 is 0. The fourth-order valence-corrected chi connectivity index (χ4v) is 4.39. The van der Waals surface area contributed by atoms with Crippen molar-refractivity contribution in [3.05, 3.63) is 29.8 Å². The Morgan fingerprint density at radius 2 is 1.76 bits per heavy atom. The van der Waals surface area contributed by atoms with Gasteiger partial charge in [-0.05, 0) is 23.6 Å². The van der Waals surface area contributed by atoms with Gasteiger partial charge in [-0.1, -0.05) is 26.0 Å². The molecule has 8 heteroatoms. The topological polar surface area (TPSA) is 84.0 Å². The Morgan fingerprint density at radius 3 is 2.24 bits per heavy atom. The average molecular weight is 368 g/mol. The van der Waals surface area contributed by atoms with Crippen LogP contribution in [0.25, 0.3) is 0 Å². The molecule has 0 aliphatic carbocycles. The molecule has 0 bridgehead atoms. The summed E-state index contributed by atoms with van der Waals surface area (Å²) in [6.07, 6.45) is 0. The molecule has 2 rings (SSSR count). The minimum atomic E-state index is -3.86. The number of carbonyl (C=O) groups excluding carboxylic acids is 2. The SMILES string of the molecule is COC(=O)C1CN(C(C)=O)CCN1S(=O)(=O)c1ccc(C(C)C)cc1. The Hall–Kier alpha value is -1.93. The van der Waals surface area contributed by atoms with Crippen LogP contribution in [0.3, 0.4) is 0 Å². The summed E-state index contributed by atoms with van der Waals surface area (Å²) in [5.41, 5.74) is 1.03. The van der Waals surface area contributed by atoms with Gasteiger partial charge in [0.15, 0.2) is 0 Å². The van der Waals surface area contributed by atoms with E-state index in [1.807, 2.05) is 13.8 Å². The zero-order chi connectivity index (χ0) is 18.8. The largest absolute Gasteiger partial charge is 0.468 e. The molecule has 1 amide bonds. The minimum Gasteiger partial charge on any atom is -0.468 e. The second kappa shape index (κ2) is 7.53. The van der Waals surface area contributed by atoms with E-state index in [4.69, 9.17) is 4.74 Å². The van der Waals surface area contributed by atoms with Crippen LogP contribution in [0.1, 0.15) is 32.3 Å². The molecular weight excluding hydrogens is 344 g/mol. The summed E-state index contributed by atoms with van der Waals surface area (Å²) in [7, 11) is -2.66. The summed E-state index contributed by atoms with van der Waals surface area (Å²) < 4.78 is 31.9. The number of methoxy groups -OCH3 is 1. The summed E-state index contributed by atoms with van der Waals surface area (Å²) in [5.74, 6) is -0.584. The van der Waals surface area contributed by atoms with Crippen molar-refractivity contribution in [3.63, 3.8) is 0 Å². The van der Waals surface area contributed by atoms with E-state index in [-0.39, 0.29) is 30.4 Å². The number of amides is 1. The Kier molecular flexibility index (Phi) is 5.84. The molecule has 1 atom stereocenters. The molecule has 1 unspecified atom stereocenters. The van der Waals surface area contributed by atoms with E-state index in [2.05, 4.69) is 0 Å². The maximum atomic E-state index is 13.0. The molecule has 1 aliphatic heterocycles. The highest BCUT2D eigenvalue weighted by molar-refractivity contribution is 7.89. The Balaban J connectivity index is 2.35. The first kappa shape index (κ1) is 19.4. The minimum absolute atomic E-state index is 0.00862. The third kappa shape index (κ3) is 4.01. The number of hydrogen-bond acceptors (Lipinski definition) is 5. The van der Waals surface area contributed by atoms with Crippen molar-refractivity contribution in [3.8, 4) is 0 Å². The Labute approximate surface area is 148 Å². The molecule has 25 heavy (non-hydrogen) atoms. The number of hydrogen-bond donors (Lipinski definition) is 0. The number of piperazine rings is 1. The number of sulfonamides is 1. The monoisotopic (exact) mass is 368 g/mol. The quantitative estimate of drug-likeness (QED) is 0.746.